The highest BCUT2D eigenvalue weighted by atomic mass is 15.0. The molecule has 2 nitrogen and oxygen atoms in total. The van der Waals surface area contributed by atoms with E-state index < -0.39 is 0 Å². The molecular formula is C16H16N2. The van der Waals surface area contributed by atoms with Gasteiger partial charge in [0.2, 0.25) is 0 Å². The zero-order valence-electron chi connectivity index (χ0n) is 10.4. The van der Waals surface area contributed by atoms with E-state index in [1.807, 2.05) is 18.2 Å². The Kier molecular flexibility index (Phi) is 2.56. The summed E-state index contributed by atoms with van der Waals surface area (Å²) >= 11 is 0. The second-order valence-electron chi connectivity index (χ2n) is 4.70. The summed E-state index contributed by atoms with van der Waals surface area (Å²) < 4.78 is 2.24. The number of anilines is 1. The number of aromatic nitrogens is 1. The van der Waals surface area contributed by atoms with Gasteiger partial charge in [0, 0.05) is 23.9 Å². The highest BCUT2D eigenvalue weighted by Gasteiger charge is 2.03. The molecule has 3 rings (SSSR count). The van der Waals surface area contributed by atoms with Gasteiger partial charge in [0.1, 0.15) is 0 Å². The van der Waals surface area contributed by atoms with E-state index in [9.17, 15) is 0 Å². The molecule has 0 aliphatic carbocycles. The van der Waals surface area contributed by atoms with Gasteiger partial charge >= 0.3 is 0 Å². The Morgan fingerprint density at radius 3 is 2.72 bits per heavy atom. The van der Waals surface area contributed by atoms with E-state index in [0.717, 1.165) is 17.8 Å². The lowest BCUT2D eigenvalue weighted by Gasteiger charge is -2.08. The summed E-state index contributed by atoms with van der Waals surface area (Å²) in [6.45, 7) is 2.94. The number of nitrogens with two attached hydrogens (primary N) is 1. The molecule has 0 atom stereocenters. The first-order valence-electron chi connectivity index (χ1n) is 6.13. The van der Waals surface area contributed by atoms with Crippen molar-refractivity contribution in [1.29, 1.82) is 0 Å². The molecule has 18 heavy (non-hydrogen) atoms. The summed E-state index contributed by atoms with van der Waals surface area (Å²) in [5.41, 5.74) is 10.6. The topological polar surface area (TPSA) is 30.9 Å². The number of rotatable bonds is 2. The van der Waals surface area contributed by atoms with Gasteiger partial charge in [0.05, 0.1) is 0 Å². The molecule has 0 saturated heterocycles. The fourth-order valence-electron chi connectivity index (χ4n) is 2.29. The van der Waals surface area contributed by atoms with Crippen LogP contribution in [0.1, 0.15) is 11.1 Å². The summed E-state index contributed by atoms with van der Waals surface area (Å²) in [7, 11) is 0. The van der Waals surface area contributed by atoms with Crippen molar-refractivity contribution in [3.05, 3.63) is 65.9 Å². The second kappa shape index (κ2) is 4.22. The number of hydrogen-bond donors (Lipinski definition) is 1. The van der Waals surface area contributed by atoms with E-state index in [0.29, 0.717) is 0 Å². The number of aryl methyl sites for hydroxylation is 1. The molecule has 0 fully saturated rings. The predicted molar refractivity (Wildman–Crippen MR) is 76.6 cm³/mol. The number of nitrogen functional groups attached to an aromatic ring is 1. The Bertz CT molecular complexity index is 695. The lowest BCUT2D eigenvalue weighted by atomic mass is 10.1. The molecule has 0 spiro atoms. The van der Waals surface area contributed by atoms with Crippen molar-refractivity contribution < 1.29 is 0 Å². The molecule has 3 aromatic rings. The molecule has 0 amide bonds. The third-order valence-corrected chi connectivity index (χ3v) is 3.33. The van der Waals surface area contributed by atoms with Crippen LogP contribution in [-0.2, 0) is 6.54 Å². The minimum Gasteiger partial charge on any atom is -0.398 e. The lowest BCUT2D eigenvalue weighted by molar-refractivity contribution is 0.839. The number of para-hydroxylation sites is 1. The standard InChI is InChI=1S/C16H16N2/c1-12-6-7-13-8-9-18(16(13)10-12)11-14-4-2-3-5-15(14)17/h2-10H,11,17H2,1H3. The van der Waals surface area contributed by atoms with Crippen LogP contribution in [0, 0.1) is 6.92 Å². The first-order chi connectivity index (χ1) is 8.74. The number of hydrogen-bond acceptors (Lipinski definition) is 1. The van der Waals surface area contributed by atoms with Gasteiger partial charge in [-0.05, 0) is 41.6 Å². The molecule has 0 bridgehead atoms. The summed E-state index contributed by atoms with van der Waals surface area (Å²) in [5.74, 6) is 0. The van der Waals surface area contributed by atoms with Gasteiger partial charge in [0.25, 0.3) is 0 Å². The SMILES string of the molecule is Cc1ccc2ccn(Cc3ccccc3N)c2c1. The zero-order valence-corrected chi connectivity index (χ0v) is 10.4. The van der Waals surface area contributed by atoms with E-state index in [4.69, 9.17) is 5.73 Å². The third-order valence-electron chi connectivity index (χ3n) is 3.33. The monoisotopic (exact) mass is 236 g/mol. The maximum absolute atomic E-state index is 6.00. The van der Waals surface area contributed by atoms with Crippen molar-refractivity contribution in [1.82, 2.24) is 4.57 Å². The largest absolute Gasteiger partial charge is 0.398 e. The van der Waals surface area contributed by atoms with Crippen LogP contribution in [0.2, 0.25) is 0 Å². The van der Waals surface area contributed by atoms with E-state index >= 15 is 0 Å². The molecule has 90 valence electrons. The summed E-state index contributed by atoms with van der Waals surface area (Å²) in [5, 5.41) is 1.27. The Morgan fingerprint density at radius 2 is 1.89 bits per heavy atom. The zero-order chi connectivity index (χ0) is 12.5. The molecular weight excluding hydrogens is 220 g/mol. The van der Waals surface area contributed by atoms with E-state index in [1.54, 1.807) is 0 Å². The minimum absolute atomic E-state index is 0.819. The van der Waals surface area contributed by atoms with Gasteiger partial charge < -0.3 is 10.3 Å². The number of benzene rings is 2. The predicted octanol–water partition coefficient (Wildman–Crippen LogP) is 3.58. The summed E-state index contributed by atoms with van der Waals surface area (Å²) in [4.78, 5) is 0. The molecule has 0 radical (unpaired) electrons. The number of fused-ring (bicyclic) bond motifs is 1. The molecule has 2 N–H and O–H groups in total. The molecule has 1 aromatic heterocycles. The van der Waals surface area contributed by atoms with Crippen molar-refractivity contribution in [2.75, 3.05) is 5.73 Å². The molecule has 0 aliphatic heterocycles. The Labute approximate surface area is 107 Å². The fraction of sp³-hybridized carbons (Fsp3) is 0.125. The third kappa shape index (κ3) is 1.86. The van der Waals surface area contributed by atoms with Crippen molar-refractivity contribution in [2.24, 2.45) is 0 Å². The number of nitrogens with zero attached hydrogens (tertiary/aromatic N) is 1. The van der Waals surface area contributed by atoms with Gasteiger partial charge in [-0.1, -0.05) is 30.3 Å². The van der Waals surface area contributed by atoms with Crippen LogP contribution in [0.3, 0.4) is 0 Å². The first-order valence-corrected chi connectivity index (χ1v) is 6.13. The summed E-state index contributed by atoms with van der Waals surface area (Å²) in [6.07, 6.45) is 2.12. The summed E-state index contributed by atoms with van der Waals surface area (Å²) in [6, 6.07) is 16.7. The first kappa shape index (κ1) is 10.9. The van der Waals surface area contributed by atoms with Crippen LogP contribution < -0.4 is 5.73 Å². The van der Waals surface area contributed by atoms with Crippen LogP contribution >= 0.6 is 0 Å². The molecule has 2 aromatic carbocycles. The average Bonchev–Trinajstić information content (AvgIpc) is 2.75. The highest BCUT2D eigenvalue weighted by Crippen LogP contribution is 2.20. The van der Waals surface area contributed by atoms with Crippen LogP contribution in [-0.4, -0.2) is 4.57 Å². The molecule has 0 aliphatic rings. The Balaban J connectivity index is 2.05. The van der Waals surface area contributed by atoms with Crippen LogP contribution in [0.15, 0.2) is 54.7 Å². The van der Waals surface area contributed by atoms with Gasteiger partial charge in [-0.2, -0.15) is 0 Å². The van der Waals surface area contributed by atoms with Crippen molar-refractivity contribution in [2.45, 2.75) is 13.5 Å². The van der Waals surface area contributed by atoms with E-state index in [2.05, 4.69) is 48.0 Å². The van der Waals surface area contributed by atoms with Crippen LogP contribution in [0.25, 0.3) is 10.9 Å². The molecule has 1 heterocycles. The highest BCUT2D eigenvalue weighted by molar-refractivity contribution is 5.81. The van der Waals surface area contributed by atoms with Crippen LogP contribution in [0.4, 0.5) is 5.69 Å². The van der Waals surface area contributed by atoms with Crippen molar-refractivity contribution in [3.8, 4) is 0 Å². The molecule has 0 unspecified atom stereocenters. The van der Waals surface area contributed by atoms with Crippen molar-refractivity contribution in [3.63, 3.8) is 0 Å². The minimum atomic E-state index is 0.819. The molecule has 0 saturated carbocycles. The fourth-order valence-corrected chi connectivity index (χ4v) is 2.29. The quantitative estimate of drug-likeness (QED) is 0.677. The second-order valence-corrected chi connectivity index (χ2v) is 4.70. The van der Waals surface area contributed by atoms with E-state index in [1.165, 1.54) is 16.5 Å². The van der Waals surface area contributed by atoms with Crippen molar-refractivity contribution >= 4 is 16.6 Å². The smallest absolute Gasteiger partial charge is 0.0496 e. The molecule has 2 heteroatoms. The van der Waals surface area contributed by atoms with E-state index in [-0.39, 0.29) is 0 Å². The Hall–Kier alpha value is -2.22. The lowest BCUT2D eigenvalue weighted by Crippen LogP contribution is -2.01. The van der Waals surface area contributed by atoms with Gasteiger partial charge in [-0.15, -0.1) is 0 Å². The average molecular weight is 236 g/mol. The van der Waals surface area contributed by atoms with Gasteiger partial charge in [-0.25, -0.2) is 0 Å². The van der Waals surface area contributed by atoms with Crippen LogP contribution in [0.5, 0.6) is 0 Å². The maximum atomic E-state index is 6.00. The van der Waals surface area contributed by atoms with Gasteiger partial charge in [-0.3, -0.25) is 0 Å². The Morgan fingerprint density at radius 1 is 1.06 bits per heavy atom. The normalized spacial score (nSPS) is 10.9. The van der Waals surface area contributed by atoms with Gasteiger partial charge in [0.15, 0.2) is 0 Å². The maximum Gasteiger partial charge on any atom is 0.0496 e.